The standard InChI is InChI=1S/C15H17BrN4/c1-10(2)13(7-18)15-8-19-9-20(15)14-5-12(16)4-3-11(14)6-17/h3-5,8-10,13H,7,18H2,1-2H3. The second kappa shape index (κ2) is 6.21. The molecule has 4 nitrogen and oxygen atoms in total. The minimum absolute atomic E-state index is 0.211. The Hall–Kier alpha value is -1.64. The summed E-state index contributed by atoms with van der Waals surface area (Å²) in [5.74, 6) is 0.621. The molecule has 0 spiro atoms. The van der Waals surface area contributed by atoms with Gasteiger partial charge in [-0.15, -0.1) is 0 Å². The van der Waals surface area contributed by atoms with Crippen molar-refractivity contribution in [3.05, 3.63) is 46.5 Å². The van der Waals surface area contributed by atoms with E-state index >= 15 is 0 Å². The molecule has 0 fully saturated rings. The maximum absolute atomic E-state index is 9.28. The van der Waals surface area contributed by atoms with E-state index in [1.54, 1.807) is 12.4 Å². The Balaban J connectivity index is 2.58. The summed E-state index contributed by atoms with van der Waals surface area (Å²) in [5.41, 5.74) is 8.38. The van der Waals surface area contributed by atoms with Crippen molar-refractivity contribution in [3.63, 3.8) is 0 Å². The van der Waals surface area contributed by atoms with E-state index < -0.39 is 0 Å². The number of hydrogen-bond acceptors (Lipinski definition) is 3. The number of rotatable bonds is 4. The summed E-state index contributed by atoms with van der Waals surface area (Å²) in [5, 5.41) is 9.28. The molecule has 20 heavy (non-hydrogen) atoms. The number of benzene rings is 1. The zero-order valence-corrected chi connectivity index (χ0v) is 13.1. The maximum Gasteiger partial charge on any atom is 0.101 e. The van der Waals surface area contributed by atoms with Crippen molar-refractivity contribution in [2.45, 2.75) is 19.8 Å². The Morgan fingerprint density at radius 3 is 2.80 bits per heavy atom. The summed E-state index contributed by atoms with van der Waals surface area (Å²) in [6.45, 7) is 4.83. The van der Waals surface area contributed by atoms with Gasteiger partial charge in [0.2, 0.25) is 0 Å². The molecule has 0 saturated heterocycles. The van der Waals surface area contributed by atoms with Crippen LogP contribution in [0.3, 0.4) is 0 Å². The first kappa shape index (κ1) is 14.8. The second-order valence-electron chi connectivity index (χ2n) is 5.05. The first-order valence-corrected chi connectivity index (χ1v) is 7.30. The number of halogens is 1. The van der Waals surface area contributed by atoms with Gasteiger partial charge in [0.1, 0.15) is 6.07 Å². The second-order valence-corrected chi connectivity index (χ2v) is 5.96. The van der Waals surface area contributed by atoms with Gasteiger partial charge in [-0.05, 0) is 24.1 Å². The quantitative estimate of drug-likeness (QED) is 0.934. The van der Waals surface area contributed by atoms with E-state index in [0.29, 0.717) is 18.0 Å². The van der Waals surface area contributed by atoms with Crippen molar-refractivity contribution in [3.8, 4) is 11.8 Å². The minimum Gasteiger partial charge on any atom is -0.330 e. The molecule has 1 aromatic carbocycles. The van der Waals surface area contributed by atoms with Gasteiger partial charge in [0, 0.05) is 28.8 Å². The number of nitrogens with zero attached hydrogens (tertiary/aromatic N) is 3. The highest BCUT2D eigenvalue weighted by Crippen LogP contribution is 2.28. The van der Waals surface area contributed by atoms with Gasteiger partial charge < -0.3 is 10.3 Å². The predicted molar refractivity (Wildman–Crippen MR) is 82.6 cm³/mol. The Labute approximate surface area is 127 Å². The van der Waals surface area contributed by atoms with Gasteiger partial charge in [-0.3, -0.25) is 0 Å². The smallest absolute Gasteiger partial charge is 0.101 e. The zero-order valence-electron chi connectivity index (χ0n) is 11.5. The molecule has 0 aliphatic heterocycles. The van der Waals surface area contributed by atoms with E-state index in [1.807, 2.05) is 22.9 Å². The molecule has 0 bridgehead atoms. The van der Waals surface area contributed by atoms with Gasteiger partial charge in [0.05, 0.1) is 17.6 Å². The normalized spacial score (nSPS) is 12.4. The third-order valence-corrected chi connectivity index (χ3v) is 3.94. The van der Waals surface area contributed by atoms with Crippen molar-refractivity contribution in [1.29, 1.82) is 5.26 Å². The number of nitriles is 1. The molecule has 0 amide bonds. The lowest BCUT2D eigenvalue weighted by Crippen LogP contribution is -2.20. The summed E-state index contributed by atoms with van der Waals surface area (Å²) in [6.07, 6.45) is 3.57. The van der Waals surface area contributed by atoms with Gasteiger partial charge in [-0.25, -0.2) is 4.98 Å². The summed E-state index contributed by atoms with van der Waals surface area (Å²) in [6, 6.07) is 7.82. The van der Waals surface area contributed by atoms with E-state index in [-0.39, 0.29) is 5.92 Å². The first-order valence-electron chi connectivity index (χ1n) is 6.50. The van der Waals surface area contributed by atoms with Crippen LogP contribution >= 0.6 is 15.9 Å². The molecule has 5 heteroatoms. The highest BCUT2D eigenvalue weighted by Gasteiger charge is 2.20. The summed E-state index contributed by atoms with van der Waals surface area (Å²) >= 11 is 3.45. The van der Waals surface area contributed by atoms with E-state index in [2.05, 4.69) is 40.8 Å². The van der Waals surface area contributed by atoms with Crippen LogP contribution in [-0.4, -0.2) is 16.1 Å². The number of imidazole rings is 1. The molecule has 2 aromatic rings. The van der Waals surface area contributed by atoms with Crippen LogP contribution in [-0.2, 0) is 0 Å². The number of nitrogens with two attached hydrogens (primary N) is 1. The third kappa shape index (κ3) is 2.77. The van der Waals surface area contributed by atoms with Gasteiger partial charge in [-0.1, -0.05) is 29.8 Å². The number of hydrogen-bond donors (Lipinski definition) is 1. The molecular formula is C15H17BrN4. The highest BCUT2D eigenvalue weighted by atomic mass is 79.9. The van der Waals surface area contributed by atoms with Crippen LogP contribution in [0.1, 0.15) is 31.0 Å². The molecule has 1 aromatic heterocycles. The summed E-state index contributed by atoms with van der Waals surface area (Å²) in [7, 11) is 0. The van der Waals surface area contributed by atoms with Gasteiger partial charge >= 0.3 is 0 Å². The lowest BCUT2D eigenvalue weighted by Gasteiger charge is -2.21. The molecule has 0 radical (unpaired) electrons. The Morgan fingerprint density at radius 1 is 1.45 bits per heavy atom. The predicted octanol–water partition coefficient (Wildman–Crippen LogP) is 3.20. The Bertz CT molecular complexity index is 640. The van der Waals surface area contributed by atoms with Gasteiger partial charge in [0.25, 0.3) is 0 Å². The molecule has 1 heterocycles. The highest BCUT2D eigenvalue weighted by molar-refractivity contribution is 9.10. The van der Waals surface area contributed by atoms with E-state index in [1.165, 1.54) is 0 Å². The van der Waals surface area contributed by atoms with Crippen LogP contribution < -0.4 is 5.73 Å². The zero-order chi connectivity index (χ0) is 14.7. The van der Waals surface area contributed by atoms with E-state index in [0.717, 1.165) is 15.9 Å². The van der Waals surface area contributed by atoms with Crippen molar-refractivity contribution in [2.24, 2.45) is 11.7 Å². The fourth-order valence-electron chi connectivity index (χ4n) is 2.31. The number of aromatic nitrogens is 2. The lowest BCUT2D eigenvalue weighted by atomic mass is 9.92. The van der Waals surface area contributed by atoms with Gasteiger partial charge in [-0.2, -0.15) is 5.26 Å². The Morgan fingerprint density at radius 2 is 2.20 bits per heavy atom. The minimum atomic E-state index is 0.211. The molecule has 1 unspecified atom stereocenters. The molecule has 2 rings (SSSR count). The van der Waals surface area contributed by atoms with Crippen LogP contribution in [0, 0.1) is 17.2 Å². The van der Waals surface area contributed by atoms with Crippen molar-refractivity contribution in [1.82, 2.24) is 9.55 Å². The van der Waals surface area contributed by atoms with Crippen LogP contribution in [0.5, 0.6) is 0 Å². The van der Waals surface area contributed by atoms with Gasteiger partial charge in [0.15, 0.2) is 0 Å². The molecule has 0 aliphatic carbocycles. The van der Waals surface area contributed by atoms with Crippen LogP contribution in [0.4, 0.5) is 0 Å². The lowest BCUT2D eigenvalue weighted by molar-refractivity contribution is 0.490. The maximum atomic E-state index is 9.28. The molecular weight excluding hydrogens is 316 g/mol. The first-order chi connectivity index (χ1) is 9.58. The average molecular weight is 333 g/mol. The topological polar surface area (TPSA) is 67.6 Å². The summed E-state index contributed by atoms with van der Waals surface area (Å²) < 4.78 is 2.89. The molecule has 0 aliphatic rings. The summed E-state index contributed by atoms with van der Waals surface area (Å²) in [4.78, 5) is 4.24. The molecule has 1 atom stereocenters. The van der Waals surface area contributed by atoms with E-state index in [9.17, 15) is 5.26 Å². The monoisotopic (exact) mass is 332 g/mol. The van der Waals surface area contributed by atoms with Crippen molar-refractivity contribution < 1.29 is 0 Å². The molecule has 104 valence electrons. The average Bonchev–Trinajstić information content (AvgIpc) is 2.88. The van der Waals surface area contributed by atoms with E-state index in [4.69, 9.17) is 5.73 Å². The fraction of sp³-hybridized carbons (Fsp3) is 0.333. The SMILES string of the molecule is CC(C)C(CN)c1cncn1-c1cc(Br)ccc1C#N. The fourth-order valence-corrected chi connectivity index (χ4v) is 2.66. The molecule has 0 saturated carbocycles. The largest absolute Gasteiger partial charge is 0.330 e. The van der Waals surface area contributed by atoms with Crippen LogP contribution in [0.2, 0.25) is 0 Å². The molecule has 2 N–H and O–H groups in total. The van der Waals surface area contributed by atoms with Crippen molar-refractivity contribution in [2.75, 3.05) is 6.54 Å². The van der Waals surface area contributed by atoms with Crippen LogP contribution in [0.25, 0.3) is 5.69 Å². The third-order valence-electron chi connectivity index (χ3n) is 3.45. The van der Waals surface area contributed by atoms with Crippen LogP contribution in [0.15, 0.2) is 35.2 Å². The Kier molecular flexibility index (Phi) is 4.58. The van der Waals surface area contributed by atoms with Crippen molar-refractivity contribution >= 4 is 15.9 Å².